The first-order valence-corrected chi connectivity index (χ1v) is 11.1. The summed E-state index contributed by atoms with van der Waals surface area (Å²) in [4.78, 5) is 11.8. The van der Waals surface area contributed by atoms with E-state index < -0.39 is 10.0 Å². The second kappa shape index (κ2) is 10.1. The van der Waals surface area contributed by atoms with Gasteiger partial charge in [0.2, 0.25) is 10.0 Å². The first kappa shape index (κ1) is 21.8. The van der Waals surface area contributed by atoms with Crippen molar-refractivity contribution < 1.29 is 17.9 Å². The number of nitrogens with zero attached hydrogens (tertiary/aromatic N) is 1. The van der Waals surface area contributed by atoms with Crippen molar-refractivity contribution in [2.45, 2.75) is 26.8 Å². The second-order valence-electron chi connectivity index (χ2n) is 7.07. The Hall–Kier alpha value is -2.54. The summed E-state index contributed by atoms with van der Waals surface area (Å²) in [6.07, 6.45) is 2.10. The van der Waals surface area contributed by atoms with Crippen LogP contribution in [0.3, 0.4) is 0 Å². The van der Waals surface area contributed by atoms with Gasteiger partial charge < -0.3 is 10.1 Å². The smallest absolute Gasteiger partial charge is 0.257 e. The highest BCUT2D eigenvalue weighted by Crippen LogP contribution is 2.23. The summed E-state index contributed by atoms with van der Waals surface area (Å²) in [5.41, 5.74) is 1.44. The van der Waals surface area contributed by atoms with Gasteiger partial charge in [-0.3, -0.25) is 9.10 Å². The van der Waals surface area contributed by atoms with Crippen LogP contribution in [0.15, 0.2) is 54.6 Å². The number of carbonyl (C=O) groups is 1. The first-order chi connectivity index (χ1) is 13.3. The second-order valence-corrected chi connectivity index (χ2v) is 8.98. The molecule has 0 aliphatic carbocycles. The first-order valence-electron chi connectivity index (χ1n) is 9.27. The van der Waals surface area contributed by atoms with Gasteiger partial charge in [0.25, 0.3) is 5.91 Å². The lowest BCUT2D eigenvalue weighted by Crippen LogP contribution is -2.30. The topological polar surface area (TPSA) is 75.7 Å². The predicted octanol–water partition coefficient (Wildman–Crippen LogP) is 3.19. The van der Waals surface area contributed by atoms with Gasteiger partial charge >= 0.3 is 0 Å². The number of hydrogen-bond acceptors (Lipinski definition) is 4. The fraction of sp³-hybridized carbons (Fsp3) is 0.381. The number of rotatable bonds is 10. The third kappa shape index (κ3) is 7.23. The molecule has 0 bridgehead atoms. The highest BCUT2D eigenvalue weighted by atomic mass is 32.2. The summed E-state index contributed by atoms with van der Waals surface area (Å²) in [5, 5.41) is 2.81. The summed E-state index contributed by atoms with van der Waals surface area (Å²) >= 11 is 0. The molecule has 2 rings (SSSR count). The molecule has 2 aromatic rings. The molecule has 0 aromatic heterocycles. The van der Waals surface area contributed by atoms with Crippen LogP contribution >= 0.6 is 0 Å². The quantitative estimate of drug-likeness (QED) is 0.660. The van der Waals surface area contributed by atoms with E-state index in [2.05, 4.69) is 19.2 Å². The molecule has 1 amide bonds. The van der Waals surface area contributed by atoms with Gasteiger partial charge in [0.15, 0.2) is 6.61 Å². The monoisotopic (exact) mass is 404 g/mol. The molecule has 7 heteroatoms. The average Bonchev–Trinajstić information content (AvgIpc) is 2.65. The molecule has 0 aliphatic rings. The molecule has 152 valence electrons. The molecule has 1 N–H and O–H groups in total. The molecule has 0 heterocycles. The Morgan fingerprint density at radius 3 is 2.29 bits per heavy atom. The molecule has 0 saturated carbocycles. The van der Waals surface area contributed by atoms with E-state index in [0.717, 1.165) is 12.0 Å². The van der Waals surface area contributed by atoms with Gasteiger partial charge in [-0.15, -0.1) is 0 Å². The zero-order chi connectivity index (χ0) is 20.6. The van der Waals surface area contributed by atoms with Gasteiger partial charge in [0.1, 0.15) is 5.75 Å². The zero-order valence-corrected chi connectivity index (χ0v) is 17.4. The lowest BCUT2D eigenvalue weighted by molar-refractivity contribution is -0.123. The van der Waals surface area contributed by atoms with Crippen LogP contribution in [0.4, 0.5) is 5.69 Å². The van der Waals surface area contributed by atoms with Crippen LogP contribution in [-0.2, 0) is 21.4 Å². The SMILES string of the molecule is CC(C)CCNC(=O)COc1ccc(N(Cc2ccccc2)S(C)(=O)=O)cc1. The molecular weight excluding hydrogens is 376 g/mol. The number of hydrogen-bond donors (Lipinski definition) is 1. The van der Waals surface area contributed by atoms with Crippen LogP contribution in [0.5, 0.6) is 5.75 Å². The molecule has 0 atom stereocenters. The number of amides is 1. The normalized spacial score (nSPS) is 11.3. The number of sulfonamides is 1. The maximum atomic E-state index is 12.2. The summed E-state index contributed by atoms with van der Waals surface area (Å²) in [5.74, 6) is 0.866. The van der Waals surface area contributed by atoms with E-state index in [0.29, 0.717) is 23.9 Å². The maximum absolute atomic E-state index is 12.2. The van der Waals surface area contributed by atoms with Crippen molar-refractivity contribution in [1.29, 1.82) is 0 Å². The molecule has 0 unspecified atom stereocenters. The van der Waals surface area contributed by atoms with Crippen molar-refractivity contribution in [2.75, 3.05) is 23.7 Å². The third-order valence-electron chi connectivity index (χ3n) is 4.11. The maximum Gasteiger partial charge on any atom is 0.257 e. The van der Waals surface area contributed by atoms with Gasteiger partial charge in [-0.25, -0.2) is 8.42 Å². The fourth-order valence-electron chi connectivity index (χ4n) is 2.56. The van der Waals surface area contributed by atoms with Gasteiger partial charge in [-0.05, 0) is 42.2 Å². The average molecular weight is 405 g/mol. The molecule has 0 saturated heterocycles. The van der Waals surface area contributed by atoms with E-state index in [1.54, 1.807) is 24.3 Å². The van der Waals surface area contributed by atoms with Crippen molar-refractivity contribution >= 4 is 21.6 Å². The van der Waals surface area contributed by atoms with Gasteiger partial charge in [0.05, 0.1) is 18.5 Å². The summed E-state index contributed by atoms with van der Waals surface area (Å²) in [6.45, 7) is 5.00. The Morgan fingerprint density at radius 1 is 1.07 bits per heavy atom. The Bertz CT molecular complexity index is 850. The van der Waals surface area contributed by atoms with E-state index in [1.807, 2.05) is 30.3 Å². The molecule has 0 spiro atoms. The van der Waals surface area contributed by atoms with Crippen LogP contribution < -0.4 is 14.4 Å². The molecule has 0 fully saturated rings. The minimum absolute atomic E-state index is 0.0722. The fourth-order valence-corrected chi connectivity index (χ4v) is 3.45. The Morgan fingerprint density at radius 2 is 1.71 bits per heavy atom. The van der Waals surface area contributed by atoms with Crippen molar-refractivity contribution in [3.63, 3.8) is 0 Å². The number of carbonyl (C=O) groups excluding carboxylic acids is 1. The number of anilines is 1. The lowest BCUT2D eigenvalue weighted by Gasteiger charge is -2.22. The number of ether oxygens (including phenoxy) is 1. The van der Waals surface area contributed by atoms with E-state index in [1.165, 1.54) is 10.6 Å². The van der Waals surface area contributed by atoms with Crippen LogP contribution in [0, 0.1) is 5.92 Å². The van der Waals surface area contributed by atoms with Crippen molar-refractivity contribution in [3.8, 4) is 5.75 Å². The predicted molar refractivity (Wildman–Crippen MR) is 112 cm³/mol. The minimum atomic E-state index is -3.44. The Labute approximate surface area is 167 Å². The summed E-state index contributed by atoms with van der Waals surface area (Å²) in [7, 11) is -3.44. The highest BCUT2D eigenvalue weighted by Gasteiger charge is 2.18. The minimum Gasteiger partial charge on any atom is -0.484 e. The van der Waals surface area contributed by atoms with Crippen LogP contribution in [0.1, 0.15) is 25.8 Å². The van der Waals surface area contributed by atoms with Crippen LogP contribution in [0.25, 0.3) is 0 Å². The summed E-state index contributed by atoms with van der Waals surface area (Å²) < 4.78 is 31.3. The van der Waals surface area contributed by atoms with E-state index in [9.17, 15) is 13.2 Å². The highest BCUT2D eigenvalue weighted by molar-refractivity contribution is 7.92. The van der Waals surface area contributed by atoms with Gasteiger partial charge in [-0.1, -0.05) is 44.2 Å². The van der Waals surface area contributed by atoms with E-state index in [4.69, 9.17) is 4.74 Å². The zero-order valence-electron chi connectivity index (χ0n) is 16.6. The number of nitrogens with one attached hydrogen (secondary N) is 1. The molecule has 0 radical (unpaired) electrons. The van der Waals surface area contributed by atoms with Gasteiger partial charge in [-0.2, -0.15) is 0 Å². The van der Waals surface area contributed by atoms with Crippen LogP contribution in [-0.4, -0.2) is 33.7 Å². The molecular formula is C21H28N2O4S. The standard InChI is InChI=1S/C21H28N2O4S/c1-17(2)13-14-22-21(24)16-27-20-11-9-19(10-12-20)23(28(3,25)26)15-18-7-5-4-6-8-18/h4-12,17H,13-16H2,1-3H3,(H,22,24). The molecule has 28 heavy (non-hydrogen) atoms. The molecule has 6 nitrogen and oxygen atoms in total. The van der Waals surface area contributed by atoms with Crippen molar-refractivity contribution in [1.82, 2.24) is 5.32 Å². The van der Waals surface area contributed by atoms with Crippen molar-refractivity contribution in [3.05, 3.63) is 60.2 Å². The lowest BCUT2D eigenvalue weighted by atomic mass is 10.1. The Balaban J connectivity index is 1.98. The van der Waals surface area contributed by atoms with Crippen LogP contribution in [0.2, 0.25) is 0 Å². The summed E-state index contributed by atoms with van der Waals surface area (Å²) in [6, 6.07) is 16.1. The Kier molecular flexibility index (Phi) is 7.87. The third-order valence-corrected chi connectivity index (χ3v) is 5.25. The van der Waals surface area contributed by atoms with E-state index >= 15 is 0 Å². The van der Waals surface area contributed by atoms with Gasteiger partial charge in [0, 0.05) is 6.54 Å². The molecule has 0 aliphatic heterocycles. The molecule has 2 aromatic carbocycles. The number of benzene rings is 2. The van der Waals surface area contributed by atoms with E-state index in [-0.39, 0.29) is 19.1 Å². The van der Waals surface area contributed by atoms with Crippen molar-refractivity contribution in [2.24, 2.45) is 5.92 Å². The largest absolute Gasteiger partial charge is 0.484 e.